The molecule has 0 radical (unpaired) electrons. The fourth-order valence-electron chi connectivity index (χ4n) is 3.57. The molecule has 0 aliphatic carbocycles. The summed E-state index contributed by atoms with van der Waals surface area (Å²) in [6, 6.07) is 12.9. The number of methoxy groups -OCH3 is 2. The summed E-state index contributed by atoms with van der Waals surface area (Å²) in [7, 11) is 3.16. The predicted octanol–water partition coefficient (Wildman–Crippen LogP) is 3.70. The highest BCUT2D eigenvalue weighted by molar-refractivity contribution is 6.11. The first kappa shape index (κ1) is 20.5. The van der Waals surface area contributed by atoms with Crippen molar-refractivity contribution >= 4 is 33.9 Å². The van der Waals surface area contributed by atoms with Gasteiger partial charge < -0.3 is 20.5 Å². The molecule has 0 aliphatic rings. The fourth-order valence-corrected chi connectivity index (χ4v) is 3.57. The highest BCUT2D eigenvalue weighted by Gasteiger charge is 2.26. The summed E-state index contributed by atoms with van der Waals surface area (Å²) in [5, 5.41) is 2.94. The van der Waals surface area contributed by atoms with Crippen LogP contribution in [0.15, 0.2) is 42.5 Å². The molecule has 1 amide bonds. The molecule has 3 N–H and O–H groups in total. The van der Waals surface area contributed by atoms with Crippen molar-refractivity contribution in [1.29, 1.82) is 0 Å². The number of hydrogen-bond acceptors (Lipinski definition) is 6. The van der Waals surface area contributed by atoms with Crippen molar-refractivity contribution in [2.75, 3.05) is 26.5 Å². The summed E-state index contributed by atoms with van der Waals surface area (Å²) >= 11 is 0. The molecule has 4 rings (SSSR count). The number of nitrogens with zero attached hydrogens (tertiary/aromatic N) is 3. The first-order valence-electron chi connectivity index (χ1n) is 10.2. The number of hydrogen-bond donors (Lipinski definition) is 2. The Bertz CT molecular complexity index is 1270. The molecule has 0 atom stereocenters. The maximum atomic E-state index is 13.1. The summed E-state index contributed by atoms with van der Waals surface area (Å²) in [4.78, 5) is 22.6. The van der Waals surface area contributed by atoms with E-state index in [2.05, 4.69) is 12.2 Å². The van der Waals surface area contributed by atoms with E-state index in [1.165, 1.54) is 0 Å². The molecule has 0 unspecified atom stereocenters. The van der Waals surface area contributed by atoms with Gasteiger partial charge in [-0.2, -0.15) is 0 Å². The summed E-state index contributed by atoms with van der Waals surface area (Å²) in [6.45, 7) is 2.63. The third-order valence-corrected chi connectivity index (χ3v) is 5.17. The van der Waals surface area contributed by atoms with E-state index in [-0.39, 0.29) is 11.7 Å². The minimum Gasteiger partial charge on any atom is -0.497 e. The minimum absolute atomic E-state index is 0.242. The van der Waals surface area contributed by atoms with Crippen LogP contribution < -0.4 is 20.5 Å². The standard InChI is InChI=1S/C23H25N5O3/c1-4-5-12-25-23(29)19-20-22(27-16-9-7-6-8-15(16)26-20)28(21(19)24)17-13-14(30-2)10-11-18(17)31-3/h6-11,13H,4-5,12,24H2,1-3H3,(H,25,29). The van der Waals surface area contributed by atoms with Crippen LogP contribution in [0.25, 0.3) is 27.9 Å². The third-order valence-electron chi connectivity index (χ3n) is 5.17. The zero-order valence-corrected chi connectivity index (χ0v) is 17.8. The lowest BCUT2D eigenvalue weighted by Gasteiger charge is -2.14. The van der Waals surface area contributed by atoms with E-state index >= 15 is 0 Å². The number of anilines is 1. The van der Waals surface area contributed by atoms with Crippen molar-refractivity contribution in [3.8, 4) is 17.2 Å². The number of ether oxygens (including phenoxy) is 2. The second kappa shape index (κ2) is 8.51. The molecule has 0 saturated heterocycles. The van der Waals surface area contributed by atoms with E-state index in [1.54, 1.807) is 37.0 Å². The molecule has 160 valence electrons. The van der Waals surface area contributed by atoms with Crippen LogP contribution in [0, 0.1) is 0 Å². The van der Waals surface area contributed by atoms with Gasteiger partial charge >= 0.3 is 0 Å². The molecule has 8 heteroatoms. The number of fused-ring (bicyclic) bond motifs is 2. The van der Waals surface area contributed by atoms with Crippen LogP contribution >= 0.6 is 0 Å². The van der Waals surface area contributed by atoms with Crippen LogP contribution in [-0.4, -0.2) is 41.2 Å². The van der Waals surface area contributed by atoms with E-state index in [4.69, 9.17) is 25.2 Å². The number of amides is 1. The van der Waals surface area contributed by atoms with Crippen molar-refractivity contribution < 1.29 is 14.3 Å². The molecule has 4 aromatic rings. The van der Waals surface area contributed by atoms with Crippen molar-refractivity contribution in [2.45, 2.75) is 19.8 Å². The van der Waals surface area contributed by atoms with E-state index in [1.807, 2.05) is 24.3 Å². The molecule has 8 nitrogen and oxygen atoms in total. The van der Waals surface area contributed by atoms with Gasteiger partial charge in [-0.15, -0.1) is 0 Å². The molecule has 2 aromatic heterocycles. The maximum Gasteiger partial charge on any atom is 0.257 e. The minimum atomic E-state index is -0.277. The van der Waals surface area contributed by atoms with E-state index in [0.717, 1.165) is 12.8 Å². The molecule has 0 fully saturated rings. The number of para-hydroxylation sites is 2. The monoisotopic (exact) mass is 419 g/mol. The first-order chi connectivity index (χ1) is 15.1. The quantitative estimate of drug-likeness (QED) is 0.443. The summed E-state index contributed by atoms with van der Waals surface area (Å²) in [5.41, 5.74) is 9.77. The Hall–Kier alpha value is -3.81. The highest BCUT2D eigenvalue weighted by Crippen LogP contribution is 2.36. The maximum absolute atomic E-state index is 13.1. The van der Waals surface area contributed by atoms with E-state index in [0.29, 0.717) is 51.5 Å². The first-order valence-corrected chi connectivity index (χ1v) is 10.2. The second-order valence-corrected chi connectivity index (χ2v) is 7.13. The van der Waals surface area contributed by atoms with Gasteiger partial charge in [0.1, 0.15) is 28.4 Å². The Kier molecular flexibility index (Phi) is 5.62. The van der Waals surface area contributed by atoms with Gasteiger partial charge in [-0.25, -0.2) is 9.97 Å². The number of aromatic nitrogens is 3. The molecule has 0 spiro atoms. The Balaban J connectivity index is 2.02. The van der Waals surface area contributed by atoms with E-state index in [9.17, 15) is 4.79 Å². The number of rotatable bonds is 7. The number of unbranched alkanes of at least 4 members (excludes halogenated alkanes) is 1. The SMILES string of the molecule is CCCCNC(=O)c1c(N)n(-c2cc(OC)ccc2OC)c2nc3ccccc3nc12. The molecular weight excluding hydrogens is 394 g/mol. The van der Waals surface area contributed by atoms with Gasteiger partial charge in [0.05, 0.1) is 30.9 Å². The fraction of sp³-hybridized carbons (Fsp3) is 0.261. The van der Waals surface area contributed by atoms with Gasteiger partial charge in [0, 0.05) is 12.6 Å². The van der Waals surface area contributed by atoms with Crippen LogP contribution in [0.1, 0.15) is 30.1 Å². The number of carbonyl (C=O) groups is 1. The molecule has 2 aromatic carbocycles. The van der Waals surface area contributed by atoms with Gasteiger partial charge in [0.25, 0.3) is 5.91 Å². The van der Waals surface area contributed by atoms with Gasteiger partial charge in [-0.05, 0) is 30.7 Å². The average molecular weight is 419 g/mol. The molecule has 31 heavy (non-hydrogen) atoms. The molecule has 2 heterocycles. The van der Waals surface area contributed by atoms with Crippen LogP contribution in [0.4, 0.5) is 5.82 Å². The third kappa shape index (κ3) is 3.61. The van der Waals surface area contributed by atoms with Gasteiger partial charge in [0.15, 0.2) is 5.65 Å². The largest absolute Gasteiger partial charge is 0.497 e. The smallest absolute Gasteiger partial charge is 0.257 e. The lowest BCUT2D eigenvalue weighted by atomic mass is 10.2. The van der Waals surface area contributed by atoms with Crippen molar-refractivity contribution in [2.24, 2.45) is 0 Å². The number of nitrogens with two attached hydrogens (primary N) is 1. The van der Waals surface area contributed by atoms with Crippen LogP contribution in [-0.2, 0) is 0 Å². The van der Waals surface area contributed by atoms with Gasteiger partial charge in [0.2, 0.25) is 0 Å². The second-order valence-electron chi connectivity index (χ2n) is 7.13. The Labute approximate surface area is 180 Å². The normalized spacial score (nSPS) is 11.1. The predicted molar refractivity (Wildman–Crippen MR) is 121 cm³/mol. The topological polar surface area (TPSA) is 104 Å². The molecule has 0 saturated carbocycles. The van der Waals surface area contributed by atoms with Crippen LogP contribution in [0.5, 0.6) is 11.5 Å². The summed E-state index contributed by atoms with van der Waals surface area (Å²) in [5.74, 6) is 1.16. The molecule has 0 aliphatic heterocycles. The number of benzene rings is 2. The van der Waals surface area contributed by atoms with Crippen molar-refractivity contribution in [3.63, 3.8) is 0 Å². The Morgan fingerprint density at radius 2 is 1.84 bits per heavy atom. The number of nitrogens with one attached hydrogen (secondary N) is 1. The summed E-state index contributed by atoms with van der Waals surface area (Å²) in [6.07, 6.45) is 1.85. The highest BCUT2D eigenvalue weighted by atomic mass is 16.5. The van der Waals surface area contributed by atoms with Crippen LogP contribution in [0.3, 0.4) is 0 Å². The van der Waals surface area contributed by atoms with Gasteiger partial charge in [-0.1, -0.05) is 25.5 Å². The average Bonchev–Trinajstić information content (AvgIpc) is 3.07. The molecular formula is C23H25N5O3. The zero-order chi connectivity index (χ0) is 22.0. The zero-order valence-electron chi connectivity index (χ0n) is 17.8. The summed E-state index contributed by atoms with van der Waals surface area (Å²) < 4.78 is 12.7. The van der Waals surface area contributed by atoms with Gasteiger partial charge in [-0.3, -0.25) is 9.36 Å². The molecule has 0 bridgehead atoms. The van der Waals surface area contributed by atoms with Crippen molar-refractivity contribution in [1.82, 2.24) is 19.9 Å². The van der Waals surface area contributed by atoms with Crippen molar-refractivity contribution in [3.05, 3.63) is 48.0 Å². The van der Waals surface area contributed by atoms with E-state index < -0.39 is 0 Å². The number of carbonyl (C=O) groups excluding carboxylic acids is 1. The Morgan fingerprint density at radius 1 is 1.10 bits per heavy atom. The number of nitrogen functional groups attached to an aromatic ring is 1. The van der Waals surface area contributed by atoms with Crippen LogP contribution in [0.2, 0.25) is 0 Å². The Morgan fingerprint density at radius 3 is 2.52 bits per heavy atom. The lowest BCUT2D eigenvalue weighted by molar-refractivity contribution is 0.0955. The lowest BCUT2D eigenvalue weighted by Crippen LogP contribution is -2.25.